The normalized spacial score (nSPS) is 23.6. The molecule has 1 N–H and O–H groups in total. The van der Waals surface area contributed by atoms with E-state index in [1.54, 1.807) is 24.3 Å². The van der Waals surface area contributed by atoms with Crippen molar-refractivity contribution in [3.05, 3.63) is 36.9 Å². The number of esters is 4. The van der Waals surface area contributed by atoms with Crippen LogP contribution in [-0.4, -0.2) is 47.7 Å². The van der Waals surface area contributed by atoms with Gasteiger partial charge < -0.3 is 24.1 Å². The van der Waals surface area contributed by atoms with Crippen molar-refractivity contribution < 1.29 is 48.0 Å². The predicted molar refractivity (Wildman–Crippen MR) is 124 cm³/mol. The van der Waals surface area contributed by atoms with Crippen LogP contribution >= 0.6 is 0 Å². The molecule has 3 rings (SSSR count). The number of carboxylic acid groups (broad SMARTS) is 1. The molecule has 0 radical (unpaired) electrons. The van der Waals surface area contributed by atoms with Gasteiger partial charge in [-0.2, -0.15) is 0 Å². The fourth-order valence-electron chi connectivity index (χ4n) is 4.38. The second-order valence-corrected chi connectivity index (χ2v) is 8.98. The molecule has 1 aromatic carbocycles. The summed E-state index contributed by atoms with van der Waals surface area (Å²) < 4.78 is 20.8. The molecule has 0 aliphatic heterocycles. The molecule has 2 fully saturated rings. The van der Waals surface area contributed by atoms with Crippen molar-refractivity contribution in [3.63, 3.8) is 0 Å². The average Bonchev–Trinajstić information content (AvgIpc) is 2.88. The monoisotopic (exact) mass is 502 g/mol. The molecule has 2 aliphatic carbocycles. The lowest BCUT2D eigenvalue weighted by molar-refractivity contribution is -0.162. The highest BCUT2D eigenvalue weighted by molar-refractivity contribution is 5.83. The first-order valence-corrected chi connectivity index (χ1v) is 12.0. The zero-order chi connectivity index (χ0) is 26.1. The molecular formula is C26H30O10. The molecule has 0 saturated heterocycles. The quantitative estimate of drug-likeness (QED) is 0.304. The fraction of sp³-hybridized carbons (Fsp3) is 0.500. The van der Waals surface area contributed by atoms with Crippen LogP contribution < -0.4 is 9.47 Å². The molecule has 10 heteroatoms. The van der Waals surface area contributed by atoms with Gasteiger partial charge in [0.25, 0.3) is 0 Å². The Bertz CT molecular complexity index is 967. The Balaban J connectivity index is 1.38. The second-order valence-electron chi connectivity index (χ2n) is 8.98. The molecule has 2 aliphatic rings. The molecule has 36 heavy (non-hydrogen) atoms. The minimum atomic E-state index is -0.827. The number of ether oxygens (including phenoxy) is 4. The van der Waals surface area contributed by atoms with Crippen LogP contribution in [0.3, 0.4) is 0 Å². The highest BCUT2D eigenvalue weighted by atomic mass is 16.6. The molecule has 10 nitrogen and oxygen atoms in total. The predicted octanol–water partition coefficient (Wildman–Crippen LogP) is 3.22. The number of rotatable bonds is 9. The Labute approximate surface area is 208 Å². The molecule has 0 unspecified atom stereocenters. The summed E-state index contributed by atoms with van der Waals surface area (Å²) in [5.41, 5.74) is 0. The van der Waals surface area contributed by atoms with E-state index >= 15 is 0 Å². The van der Waals surface area contributed by atoms with E-state index in [-0.39, 0.29) is 29.9 Å². The molecule has 0 spiro atoms. The first-order valence-electron chi connectivity index (χ1n) is 12.0. The summed E-state index contributed by atoms with van der Waals surface area (Å²) in [6.45, 7) is 2.76. The summed E-state index contributed by atoms with van der Waals surface area (Å²) in [5, 5.41) is 9.07. The molecule has 0 aromatic heterocycles. The van der Waals surface area contributed by atoms with Crippen LogP contribution in [-0.2, 0) is 33.4 Å². The van der Waals surface area contributed by atoms with Crippen LogP contribution in [0.4, 0.5) is 0 Å². The van der Waals surface area contributed by atoms with Gasteiger partial charge in [0.2, 0.25) is 0 Å². The maximum absolute atomic E-state index is 12.5. The van der Waals surface area contributed by atoms with Crippen LogP contribution in [0.15, 0.2) is 36.9 Å². The number of carbonyl (C=O) groups excluding carboxylic acids is 4. The Morgan fingerprint density at radius 3 is 1.67 bits per heavy atom. The van der Waals surface area contributed by atoms with Crippen LogP contribution in [0.1, 0.15) is 51.4 Å². The highest BCUT2D eigenvalue weighted by Crippen LogP contribution is 2.31. The lowest BCUT2D eigenvalue weighted by atomic mass is 9.82. The first kappa shape index (κ1) is 26.9. The minimum Gasteiger partial charge on any atom is -0.481 e. The van der Waals surface area contributed by atoms with Gasteiger partial charge in [0.1, 0.15) is 17.6 Å². The standard InChI is InChI=1S/C26H30O10/c1-2-22(27)33-15-23(28)34-19-9-7-18(8-10-19)26(32)36-21-13-11-20(12-14-21)35-25(31)17-5-3-16(4-6-17)24(29)30/h2,11-14,16-19H,1,3-10,15H2,(H,29,30). The lowest BCUT2D eigenvalue weighted by Gasteiger charge is -2.27. The van der Waals surface area contributed by atoms with Crippen LogP contribution in [0.5, 0.6) is 11.5 Å². The van der Waals surface area contributed by atoms with E-state index in [4.69, 9.17) is 19.3 Å². The Morgan fingerprint density at radius 1 is 0.778 bits per heavy atom. The minimum absolute atomic E-state index is 0.319. The van der Waals surface area contributed by atoms with Gasteiger partial charge in [-0.3, -0.25) is 14.4 Å². The van der Waals surface area contributed by atoms with E-state index in [0.29, 0.717) is 62.9 Å². The Kier molecular flexibility index (Phi) is 9.61. The smallest absolute Gasteiger partial charge is 0.344 e. The summed E-state index contributed by atoms with van der Waals surface area (Å²) in [6, 6.07) is 6.16. The summed E-state index contributed by atoms with van der Waals surface area (Å²) in [6.07, 6.45) is 4.45. The maximum atomic E-state index is 12.5. The van der Waals surface area contributed by atoms with Crippen LogP contribution in [0.25, 0.3) is 0 Å². The van der Waals surface area contributed by atoms with E-state index in [1.165, 1.54) is 0 Å². The molecule has 0 heterocycles. The van der Waals surface area contributed by atoms with Crippen molar-refractivity contribution in [1.29, 1.82) is 0 Å². The number of carboxylic acids is 1. The Hall–Kier alpha value is -3.69. The summed E-state index contributed by atoms with van der Waals surface area (Å²) >= 11 is 0. The van der Waals surface area contributed by atoms with Gasteiger partial charge in [-0.15, -0.1) is 0 Å². The van der Waals surface area contributed by atoms with Gasteiger partial charge in [-0.1, -0.05) is 6.58 Å². The van der Waals surface area contributed by atoms with E-state index in [0.717, 1.165) is 6.08 Å². The highest BCUT2D eigenvalue weighted by Gasteiger charge is 2.31. The summed E-state index contributed by atoms with van der Waals surface area (Å²) in [5.74, 6) is -3.38. The SMILES string of the molecule is C=CC(=O)OCC(=O)OC1CCC(C(=O)Oc2ccc(OC(=O)C3CCC(C(=O)O)CC3)cc2)CC1. The third-order valence-electron chi connectivity index (χ3n) is 6.47. The van der Waals surface area contributed by atoms with Gasteiger partial charge in [0, 0.05) is 6.08 Å². The zero-order valence-corrected chi connectivity index (χ0v) is 19.9. The molecular weight excluding hydrogens is 472 g/mol. The van der Waals surface area contributed by atoms with E-state index in [2.05, 4.69) is 11.3 Å². The fourth-order valence-corrected chi connectivity index (χ4v) is 4.38. The lowest BCUT2D eigenvalue weighted by Crippen LogP contribution is -2.31. The van der Waals surface area contributed by atoms with Gasteiger partial charge in [-0.25, -0.2) is 9.59 Å². The number of hydrogen-bond acceptors (Lipinski definition) is 9. The summed E-state index contributed by atoms with van der Waals surface area (Å²) in [4.78, 5) is 58.7. The third kappa shape index (κ3) is 7.93. The second kappa shape index (κ2) is 12.9. The number of carbonyl (C=O) groups is 5. The van der Waals surface area contributed by atoms with Gasteiger partial charge in [0.15, 0.2) is 6.61 Å². The van der Waals surface area contributed by atoms with Crippen molar-refractivity contribution in [2.45, 2.75) is 57.5 Å². The molecule has 0 amide bonds. The molecule has 2 saturated carbocycles. The largest absolute Gasteiger partial charge is 0.481 e. The van der Waals surface area contributed by atoms with Gasteiger partial charge in [-0.05, 0) is 75.6 Å². The molecule has 0 bridgehead atoms. The average molecular weight is 503 g/mol. The van der Waals surface area contributed by atoms with Crippen LogP contribution in [0.2, 0.25) is 0 Å². The van der Waals surface area contributed by atoms with E-state index in [1.807, 2.05) is 0 Å². The van der Waals surface area contributed by atoms with Crippen LogP contribution in [0, 0.1) is 17.8 Å². The molecule has 194 valence electrons. The van der Waals surface area contributed by atoms with E-state index in [9.17, 15) is 24.0 Å². The number of benzene rings is 1. The Morgan fingerprint density at radius 2 is 1.22 bits per heavy atom. The first-order chi connectivity index (χ1) is 17.2. The zero-order valence-electron chi connectivity index (χ0n) is 19.9. The van der Waals surface area contributed by atoms with Crippen molar-refractivity contribution in [2.24, 2.45) is 17.8 Å². The molecule has 1 aromatic rings. The number of aliphatic carboxylic acids is 1. The van der Waals surface area contributed by atoms with Crippen molar-refractivity contribution in [1.82, 2.24) is 0 Å². The summed E-state index contributed by atoms with van der Waals surface area (Å²) in [7, 11) is 0. The van der Waals surface area contributed by atoms with E-state index < -0.39 is 30.4 Å². The number of hydrogen-bond donors (Lipinski definition) is 1. The van der Waals surface area contributed by atoms with Crippen molar-refractivity contribution >= 4 is 29.8 Å². The van der Waals surface area contributed by atoms with Crippen molar-refractivity contribution in [2.75, 3.05) is 6.61 Å². The van der Waals surface area contributed by atoms with Crippen molar-refractivity contribution in [3.8, 4) is 11.5 Å². The van der Waals surface area contributed by atoms with Gasteiger partial charge in [0.05, 0.1) is 17.8 Å². The van der Waals surface area contributed by atoms with Gasteiger partial charge >= 0.3 is 29.8 Å². The maximum Gasteiger partial charge on any atom is 0.344 e. The third-order valence-corrected chi connectivity index (χ3v) is 6.47. The molecule has 0 atom stereocenters. The topological polar surface area (TPSA) is 142 Å².